The zero-order chi connectivity index (χ0) is 25.3. The molecule has 0 spiro atoms. The Kier molecular flexibility index (Phi) is 7.80. The molecule has 1 heterocycles. The largest absolute Gasteiger partial charge is 0.481 e. The van der Waals surface area contributed by atoms with Gasteiger partial charge in [-0.15, -0.1) is 0 Å². The molecule has 1 saturated heterocycles. The van der Waals surface area contributed by atoms with Crippen LogP contribution in [0.2, 0.25) is 0 Å². The summed E-state index contributed by atoms with van der Waals surface area (Å²) in [5, 5.41) is 48.4. The van der Waals surface area contributed by atoms with E-state index < -0.39 is 70.8 Å². The number of carboxylic acids is 1. The van der Waals surface area contributed by atoms with E-state index in [-0.39, 0.29) is 0 Å². The summed E-state index contributed by atoms with van der Waals surface area (Å²) >= 11 is 0. The highest BCUT2D eigenvalue weighted by atomic mass is 16.7. The number of ether oxygens (including phenoxy) is 2. The predicted octanol–water partition coefficient (Wildman–Crippen LogP) is -0.855. The van der Waals surface area contributed by atoms with Gasteiger partial charge in [0.25, 0.3) is 0 Å². The van der Waals surface area contributed by atoms with Gasteiger partial charge in [-0.25, -0.2) is 0 Å². The fraction of sp³-hybridized carbons (Fsp3) is 0.778. The number of nitrogens with one attached hydrogen (secondary N) is 1. The molecular weight excluding hydrogens is 432 g/mol. The molecule has 14 nitrogen and oxygen atoms in total. The van der Waals surface area contributed by atoms with E-state index >= 15 is 0 Å². The number of aliphatic carboxylic acids is 1. The number of azide groups is 1. The monoisotopic (exact) mass is 460 g/mol. The van der Waals surface area contributed by atoms with Crippen LogP contribution in [-0.4, -0.2) is 84.8 Å². The van der Waals surface area contributed by atoms with Crippen LogP contribution >= 0.6 is 0 Å². The molecule has 1 aliphatic rings. The summed E-state index contributed by atoms with van der Waals surface area (Å²) in [5.74, 6) is -8.08. The minimum Gasteiger partial charge on any atom is -0.481 e. The van der Waals surface area contributed by atoms with Crippen LogP contribution in [0, 0.1) is 0 Å². The Morgan fingerprint density at radius 2 is 1.75 bits per heavy atom. The quantitative estimate of drug-likeness (QED) is 0.130. The molecule has 1 aliphatic heterocycles. The number of Topliss-reactive ketones (excluding diaryl/α,β-unsaturated/α-hetero) is 2. The predicted molar refractivity (Wildman–Crippen MR) is 105 cm³/mol. The number of aliphatic hydroxyl groups is 3. The number of aliphatic hydroxyl groups excluding tert-OH is 1. The van der Waals surface area contributed by atoms with Crippen LogP contribution in [0.15, 0.2) is 5.11 Å². The Morgan fingerprint density at radius 3 is 2.09 bits per heavy atom. The van der Waals surface area contributed by atoms with Crippen LogP contribution in [0.5, 0.6) is 0 Å². The average molecular weight is 460 g/mol. The molecule has 0 radical (unpaired) electrons. The van der Waals surface area contributed by atoms with Gasteiger partial charge >= 0.3 is 5.97 Å². The van der Waals surface area contributed by atoms with Crippen molar-refractivity contribution in [1.29, 1.82) is 0 Å². The van der Waals surface area contributed by atoms with Crippen molar-refractivity contribution in [3.05, 3.63) is 10.4 Å². The Balaban J connectivity index is 4.13. The molecule has 5 N–H and O–H groups in total. The van der Waals surface area contributed by atoms with Crippen molar-refractivity contribution >= 4 is 23.4 Å². The minimum absolute atomic E-state index is 0.788. The van der Waals surface area contributed by atoms with Gasteiger partial charge in [0, 0.05) is 11.8 Å². The zero-order valence-corrected chi connectivity index (χ0v) is 18.5. The van der Waals surface area contributed by atoms with Crippen molar-refractivity contribution in [2.75, 3.05) is 0 Å². The first kappa shape index (κ1) is 27.4. The van der Waals surface area contributed by atoms with E-state index in [0.717, 1.165) is 20.8 Å². The first-order chi connectivity index (χ1) is 14.4. The molecule has 14 heteroatoms. The number of nitrogens with zero attached hydrogens (tertiary/aromatic N) is 3. The first-order valence-electron chi connectivity index (χ1n) is 9.45. The van der Waals surface area contributed by atoms with Gasteiger partial charge in [-0.2, -0.15) is 0 Å². The second-order valence-electron chi connectivity index (χ2n) is 8.57. The Labute approximate surface area is 183 Å². The number of carboxylic acid groups (broad SMARTS) is 1. The van der Waals surface area contributed by atoms with E-state index in [0.29, 0.717) is 0 Å². The lowest BCUT2D eigenvalue weighted by Gasteiger charge is -2.59. The molecule has 0 bridgehead atoms. The van der Waals surface area contributed by atoms with Crippen molar-refractivity contribution < 1.29 is 49.1 Å². The molecule has 0 aromatic heterocycles. The number of carbonyl (C=O) groups excluding carboxylic acids is 3. The number of hydrogen-bond donors (Lipinski definition) is 5. The minimum atomic E-state index is -3.26. The number of amides is 1. The summed E-state index contributed by atoms with van der Waals surface area (Å²) in [6.45, 7) is 6.84. The molecule has 32 heavy (non-hydrogen) atoms. The maximum atomic E-state index is 12.8. The maximum Gasteiger partial charge on any atom is 0.306 e. The van der Waals surface area contributed by atoms with Crippen LogP contribution in [0.1, 0.15) is 48.0 Å². The van der Waals surface area contributed by atoms with Gasteiger partial charge in [0.15, 0.2) is 17.3 Å². The molecule has 0 aliphatic carbocycles. The van der Waals surface area contributed by atoms with Gasteiger partial charge in [0.2, 0.25) is 17.3 Å². The lowest BCUT2D eigenvalue weighted by Crippen LogP contribution is -2.85. The Morgan fingerprint density at radius 1 is 1.22 bits per heavy atom. The van der Waals surface area contributed by atoms with E-state index in [4.69, 9.17) is 15.0 Å². The van der Waals surface area contributed by atoms with E-state index in [2.05, 4.69) is 15.3 Å². The lowest BCUT2D eigenvalue weighted by molar-refractivity contribution is -0.414. The van der Waals surface area contributed by atoms with Gasteiger partial charge in [-0.05, 0) is 40.1 Å². The van der Waals surface area contributed by atoms with Crippen molar-refractivity contribution in [2.45, 2.75) is 88.9 Å². The third-order valence-corrected chi connectivity index (χ3v) is 4.80. The fourth-order valence-corrected chi connectivity index (χ4v) is 3.64. The second-order valence-corrected chi connectivity index (χ2v) is 8.57. The second kappa shape index (κ2) is 9.10. The summed E-state index contributed by atoms with van der Waals surface area (Å²) in [6, 6.07) is -2.21. The average Bonchev–Trinajstić information content (AvgIpc) is 2.59. The molecule has 1 unspecified atom stereocenters. The van der Waals surface area contributed by atoms with Gasteiger partial charge in [0.05, 0.1) is 12.0 Å². The molecule has 1 amide bonds. The summed E-state index contributed by atoms with van der Waals surface area (Å²) < 4.78 is 11.0. The summed E-state index contributed by atoms with van der Waals surface area (Å²) in [6.07, 6.45) is -5.82. The third-order valence-electron chi connectivity index (χ3n) is 4.80. The molecule has 0 aromatic rings. The topological polar surface area (TPSA) is 228 Å². The Hall–Kier alpha value is -2.61. The van der Waals surface area contributed by atoms with Crippen LogP contribution in [0.25, 0.3) is 10.4 Å². The highest BCUT2D eigenvalue weighted by Crippen LogP contribution is 2.49. The van der Waals surface area contributed by atoms with Crippen LogP contribution in [0.4, 0.5) is 0 Å². The van der Waals surface area contributed by atoms with Crippen molar-refractivity contribution in [3.8, 4) is 0 Å². The zero-order valence-electron chi connectivity index (χ0n) is 18.5. The highest BCUT2D eigenvalue weighted by molar-refractivity contribution is 5.90. The fourth-order valence-electron chi connectivity index (χ4n) is 3.64. The molecule has 6 atom stereocenters. The van der Waals surface area contributed by atoms with Crippen molar-refractivity contribution in [1.82, 2.24) is 5.32 Å². The summed E-state index contributed by atoms with van der Waals surface area (Å²) in [7, 11) is 0. The van der Waals surface area contributed by atoms with Crippen LogP contribution < -0.4 is 5.32 Å². The molecule has 1 rings (SSSR count). The van der Waals surface area contributed by atoms with Gasteiger partial charge in [-0.1, -0.05) is 5.11 Å². The smallest absolute Gasteiger partial charge is 0.306 e. The van der Waals surface area contributed by atoms with E-state index in [1.807, 2.05) is 0 Å². The number of carbonyl (C=O) groups is 4. The normalized spacial score (nSPS) is 33.5. The van der Waals surface area contributed by atoms with Crippen LogP contribution in [-0.2, 0) is 28.7 Å². The van der Waals surface area contributed by atoms with Crippen molar-refractivity contribution in [3.63, 3.8) is 0 Å². The standard InChI is InChI=1S/C18H28N4O10/c1-8(23)12(28)13-18(30,32-15(4,5)6)17(29,9(2)24)14(20-10(3)25)16(31-13,21-22-19)7-11(26)27/h12-14,28-30H,7H2,1-6H3,(H,20,25)(H,26,27)/t12?,13-,14+,16-,17-,18+/m1/s1. The SMILES string of the molecule is CC(=O)N[C@@H]1[C@](O)(C(C)=O)[C@@](O)(OC(C)(C)C)[C@@H](C(O)C(C)=O)O[C@@]1(CC(=O)O)N=[N+]=[N-]. The molecule has 0 saturated carbocycles. The van der Waals surface area contributed by atoms with Crippen molar-refractivity contribution in [2.24, 2.45) is 5.11 Å². The number of hydrogen-bond acceptors (Lipinski definition) is 10. The molecule has 0 aromatic carbocycles. The summed E-state index contributed by atoms with van der Waals surface area (Å²) in [5.41, 5.74) is 1.73. The Bertz CT molecular complexity index is 851. The summed E-state index contributed by atoms with van der Waals surface area (Å²) in [4.78, 5) is 50.8. The third kappa shape index (κ3) is 4.90. The maximum absolute atomic E-state index is 12.8. The van der Waals surface area contributed by atoms with Gasteiger partial charge in [0.1, 0.15) is 18.2 Å². The first-order valence-corrected chi connectivity index (χ1v) is 9.45. The van der Waals surface area contributed by atoms with E-state index in [1.54, 1.807) is 0 Å². The highest BCUT2D eigenvalue weighted by Gasteiger charge is 2.75. The molecular formula is C18H28N4O10. The molecule has 180 valence electrons. The molecule has 1 fully saturated rings. The van der Waals surface area contributed by atoms with E-state index in [9.17, 15) is 39.6 Å². The number of rotatable bonds is 8. The van der Waals surface area contributed by atoms with E-state index in [1.165, 1.54) is 20.8 Å². The van der Waals surface area contributed by atoms with Gasteiger partial charge in [-0.3, -0.25) is 19.2 Å². The number of ketones is 2. The van der Waals surface area contributed by atoms with Crippen LogP contribution in [0.3, 0.4) is 0 Å². The van der Waals surface area contributed by atoms with Gasteiger partial charge < -0.3 is 35.2 Å². The lowest BCUT2D eigenvalue weighted by atomic mass is 9.69.